The van der Waals surface area contributed by atoms with Crippen LogP contribution in [0, 0.1) is 0 Å². The van der Waals surface area contributed by atoms with Gasteiger partial charge in [0, 0.05) is 0 Å². The van der Waals surface area contributed by atoms with E-state index in [2.05, 4.69) is 64.1 Å². The van der Waals surface area contributed by atoms with Crippen molar-refractivity contribution in [1.29, 1.82) is 0 Å². The van der Waals surface area contributed by atoms with Gasteiger partial charge in [-0.25, -0.2) is 0 Å². The molecule has 0 bridgehead atoms. The Morgan fingerprint density at radius 1 is 0.882 bits per heavy atom. The maximum atomic E-state index is 2.33. The van der Waals surface area contributed by atoms with Crippen molar-refractivity contribution in [2.24, 2.45) is 0 Å². The Bertz CT molecular complexity index is 503. The monoisotopic (exact) mass is 226 g/mol. The number of hydrogen-bond donors (Lipinski definition) is 0. The molecule has 0 saturated carbocycles. The lowest BCUT2D eigenvalue weighted by Crippen LogP contribution is -1.97. The molecule has 0 heteroatoms. The average Bonchev–Trinajstić information content (AvgIpc) is 2.36. The Morgan fingerprint density at radius 2 is 1.47 bits per heavy atom. The van der Waals surface area contributed by atoms with Crippen molar-refractivity contribution >= 4 is 10.8 Å². The van der Waals surface area contributed by atoms with Gasteiger partial charge in [0.2, 0.25) is 0 Å². The normalized spacial score (nSPS) is 13.2. The van der Waals surface area contributed by atoms with Gasteiger partial charge in [0.15, 0.2) is 0 Å². The summed E-state index contributed by atoms with van der Waals surface area (Å²) in [4.78, 5) is 0. The van der Waals surface area contributed by atoms with Crippen LogP contribution < -0.4 is 0 Å². The van der Waals surface area contributed by atoms with Crippen LogP contribution in [-0.2, 0) is 0 Å². The maximum Gasteiger partial charge on any atom is -0.0114 e. The molecule has 0 spiro atoms. The van der Waals surface area contributed by atoms with Crippen LogP contribution >= 0.6 is 0 Å². The van der Waals surface area contributed by atoms with E-state index in [1.807, 2.05) is 0 Å². The van der Waals surface area contributed by atoms with Gasteiger partial charge in [0.05, 0.1) is 0 Å². The van der Waals surface area contributed by atoms with Crippen LogP contribution in [-0.4, -0.2) is 0 Å². The molecule has 0 aliphatic carbocycles. The first-order valence-corrected chi connectivity index (χ1v) is 6.66. The summed E-state index contributed by atoms with van der Waals surface area (Å²) in [7, 11) is 0. The predicted molar refractivity (Wildman–Crippen MR) is 76.7 cm³/mol. The average molecular weight is 226 g/mol. The van der Waals surface area contributed by atoms with Crippen molar-refractivity contribution in [2.75, 3.05) is 0 Å². The molecule has 0 heterocycles. The number of benzene rings is 2. The molecular weight excluding hydrogens is 204 g/mol. The van der Waals surface area contributed by atoms with Gasteiger partial charge in [-0.15, -0.1) is 0 Å². The van der Waals surface area contributed by atoms with E-state index in [1.165, 1.54) is 28.3 Å². The number of rotatable bonds is 3. The lowest BCUT2D eigenvalue weighted by Gasteiger charge is -2.17. The van der Waals surface area contributed by atoms with E-state index in [1.54, 1.807) is 0 Å². The highest BCUT2D eigenvalue weighted by molar-refractivity contribution is 5.89. The second-order valence-corrected chi connectivity index (χ2v) is 5.26. The van der Waals surface area contributed by atoms with Crippen LogP contribution in [0.2, 0.25) is 0 Å². The quantitative estimate of drug-likeness (QED) is 0.650. The molecule has 1 atom stereocenters. The Morgan fingerprint density at radius 3 is 2.00 bits per heavy atom. The van der Waals surface area contributed by atoms with Gasteiger partial charge in [-0.3, -0.25) is 0 Å². The molecule has 0 fully saturated rings. The summed E-state index contributed by atoms with van der Waals surface area (Å²) in [6, 6.07) is 13.4. The molecule has 0 amide bonds. The zero-order chi connectivity index (χ0) is 12.4. The SMILES string of the molecule is CCC(C)c1cccc2cccc(C(C)C)c12. The van der Waals surface area contributed by atoms with E-state index >= 15 is 0 Å². The summed E-state index contributed by atoms with van der Waals surface area (Å²) < 4.78 is 0. The minimum absolute atomic E-state index is 0.587. The fourth-order valence-corrected chi connectivity index (χ4v) is 2.51. The van der Waals surface area contributed by atoms with Crippen molar-refractivity contribution < 1.29 is 0 Å². The highest BCUT2D eigenvalue weighted by Gasteiger charge is 2.12. The Kier molecular flexibility index (Phi) is 3.51. The van der Waals surface area contributed by atoms with Crippen LogP contribution in [0.15, 0.2) is 36.4 Å². The van der Waals surface area contributed by atoms with E-state index in [-0.39, 0.29) is 0 Å². The van der Waals surface area contributed by atoms with Crippen LogP contribution in [0.1, 0.15) is 57.1 Å². The smallest absolute Gasteiger partial charge is 0.0114 e. The van der Waals surface area contributed by atoms with Gasteiger partial charge in [-0.2, -0.15) is 0 Å². The zero-order valence-corrected chi connectivity index (χ0v) is 11.3. The summed E-state index contributed by atoms with van der Waals surface area (Å²) in [5.41, 5.74) is 2.99. The van der Waals surface area contributed by atoms with Crippen molar-refractivity contribution in [3.05, 3.63) is 47.5 Å². The fraction of sp³-hybridized carbons (Fsp3) is 0.412. The van der Waals surface area contributed by atoms with Crippen LogP contribution in [0.25, 0.3) is 10.8 Å². The van der Waals surface area contributed by atoms with Crippen molar-refractivity contribution in [1.82, 2.24) is 0 Å². The minimum Gasteiger partial charge on any atom is -0.0648 e. The molecule has 90 valence electrons. The topological polar surface area (TPSA) is 0 Å². The van der Waals surface area contributed by atoms with Crippen LogP contribution in [0.5, 0.6) is 0 Å². The molecule has 1 unspecified atom stereocenters. The Hall–Kier alpha value is -1.30. The van der Waals surface area contributed by atoms with E-state index < -0.39 is 0 Å². The fourth-order valence-electron chi connectivity index (χ4n) is 2.51. The summed E-state index contributed by atoms with van der Waals surface area (Å²) in [5.74, 6) is 1.22. The van der Waals surface area contributed by atoms with Gasteiger partial charge < -0.3 is 0 Å². The second kappa shape index (κ2) is 4.91. The lowest BCUT2D eigenvalue weighted by atomic mass is 9.87. The van der Waals surface area contributed by atoms with E-state index in [4.69, 9.17) is 0 Å². The van der Waals surface area contributed by atoms with E-state index in [9.17, 15) is 0 Å². The first-order valence-electron chi connectivity index (χ1n) is 6.66. The lowest BCUT2D eigenvalue weighted by molar-refractivity contribution is 0.737. The molecule has 2 rings (SSSR count). The number of fused-ring (bicyclic) bond motifs is 1. The third kappa shape index (κ3) is 2.22. The largest absolute Gasteiger partial charge is 0.0648 e. The van der Waals surface area contributed by atoms with Gasteiger partial charge in [0.1, 0.15) is 0 Å². The summed E-state index contributed by atoms with van der Waals surface area (Å²) in [6.07, 6.45) is 1.20. The van der Waals surface area contributed by atoms with E-state index in [0.717, 1.165) is 0 Å². The van der Waals surface area contributed by atoms with Gasteiger partial charge >= 0.3 is 0 Å². The molecule has 0 saturated heterocycles. The molecule has 0 radical (unpaired) electrons. The first-order chi connectivity index (χ1) is 8.15. The summed E-state index contributed by atoms with van der Waals surface area (Å²) in [6.45, 7) is 9.15. The third-order valence-electron chi connectivity index (χ3n) is 3.73. The van der Waals surface area contributed by atoms with Crippen LogP contribution in [0.3, 0.4) is 0 Å². The predicted octanol–water partition coefficient (Wildman–Crippen LogP) is 5.48. The molecule has 0 aromatic heterocycles. The second-order valence-electron chi connectivity index (χ2n) is 5.26. The minimum atomic E-state index is 0.587. The molecule has 0 N–H and O–H groups in total. The molecule has 0 aliphatic heterocycles. The van der Waals surface area contributed by atoms with Gasteiger partial charge in [0.25, 0.3) is 0 Å². The maximum absolute atomic E-state index is 2.33. The molecule has 0 aliphatic rings. The van der Waals surface area contributed by atoms with Crippen LogP contribution in [0.4, 0.5) is 0 Å². The molecular formula is C17H22. The Balaban J connectivity index is 2.75. The van der Waals surface area contributed by atoms with Gasteiger partial charge in [-0.1, -0.05) is 64.1 Å². The first kappa shape index (κ1) is 12.2. The highest BCUT2D eigenvalue weighted by atomic mass is 14.2. The standard InChI is InChI=1S/C17H22/c1-5-13(4)16-11-7-9-14-8-6-10-15(12(2)3)17(14)16/h6-13H,5H2,1-4H3. The van der Waals surface area contributed by atoms with Crippen molar-refractivity contribution in [2.45, 2.75) is 46.0 Å². The highest BCUT2D eigenvalue weighted by Crippen LogP contribution is 2.33. The Labute approximate surface area is 105 Å². The third-order valence-corrected chi connectivity index (χ3v) is 3.73. The van der Waals surface area contributed by atoms with Gasteiger partial charge in [-0.05, 0) is 40.2 Å². The van der Waals surface area contributed by atoms with Crippen molar-refractivity contribution in [3.63, 3.8) is 0 Å². The molecule has 2 aromatic carbocycles. The molecule has 17 heavy (non-hydrogen) atoms. The van der Waals surface area contributed by atoms with E-state index in [0.29, 0.717) is 11.8 Å². The number of hydrogen-bond acceptors (Lipinski definition) is 0. The summed E-state index contributed by atoms with van der Waals surface area (Å²) in [5, 5.41) is 2.87. The zero-order valence-electron chi connectivity index (χ0n) is 11.3. The molecule has 2 aromatic rings. The van der Waals surface area contributed by atoms with Crippen molar-refractivity contribution in [3.8, 4) is 0 Å². The molecule has 0 nitrogen and oxygen atoms in total. The summed E-state index contributed by atoms with van der Waals surface area (Å²) >= 11 is 0.